The number of benzene rings is 2. The summed E-state index contributed by atoms with van der Waals surface area (Å²) in [5.41, 5.74) is 6.07. The molecule has 0 spiro atoms. The van der Waals surface area contributed by atoms with Crippen molar-refractivity contribution in [2.24, 2.45) is 0 Å². The van der Waals surface area contributed by atoms with Crippen molar-refractivity contribution in [2.75, 3.05) is 5.75 Å². The standard InChI is InChI=1S/C19H20N4OS/c1-12-8-9-14(3)16(10-12)18(24)11-25-19-20-21-22-23(19)17-7-5-6-13(2)15(17)4/h5-10H,11H2,1-4H3. The summed E-state index contributed by atoms with van der Waals surface area (Å²) in [5.74, 6) is 0.386. The van der Waals surface area contributed by atoms with E-state index in [-0.39, 0.29) is 5.78 Å². The van der Waals surface area contributed by atoms with Gasteiger partial charge in [-0.1, -0.05) is 41.6 Å². The molecule has 0 saturated carbocycles. The van der Waals surface area contributed by atoms with Gasteiger partial charge in [0.05, 0.1) is 11.4 Å². The van der Waals surface area contributed by atoms with E-state index in [2.05, 4.69) is 28.5 Å². The van der Waals surface area contributed by atoms with Crippen LogP contribution in [0.3, 0.4) is 0 Å². The van der Waals surface area contributed by atoms with Gasteiger partial charge in [0.25, 0.3) is 0 Å². The third-order valence-electron chi connectivity index (χ3n) is 4.27. The lowest BCUT2D eigenvalue weighted by atomic mass is 10.0. The van der Waals surface area contributed by atoms with Gasteiger partial charge < -0.3 is 0 Å². The zero-order valence-corrected chi connectivity index (χ0v) is 15.6. The molecule has 0 bridgehead atoms. The number of hydrogen-bond acceptors (Lipinski definition) is 5. The Morgan fingerprint density at radius 3 is 2.68 bits per heavy atom. The van der Waals surface area contributed by atoms with Gasteiger partial charge in [-0.05, 0) is 66.9 Å². The van der Waals surface area contributed by atoms with Crippen LogP contribution in [-0.2, 0) is 0 Å². The molecule has 0 aliphatic carbocycles. The number of rotatable bonds is 5. The first-order valence-corrected chi connectivity index (χ1v) is 9.04. The van der Waals surface area contributed by atoms with Crippen LogP contribution in [0.1, 0.15) is 32.6 Å². The topological polar surface area (TPSA) is 60.7 Å². The largest absolute Gasteiger partial charge is 0.293 e. The number of carbonyl (C=O) groups is 1. The number of hydrogen-bond donors (Lipinski definition) is 0. The van der Waals surface area contributed by atoms with Crippen molar-refractivity contribution in [3.8, 4) is 5.69 Å². The fourth-order valence-electron chi connectivity index (χ4n) is 2.63. The summed E-state index contributed by atoms with van der Waals surface area (Å²) >= 11 is 1.36. The molecule has 3 aromatic rings. The molecule has 0 N–H and O–H groups in total. The third kappa shape index (κ3) is 3.64. The molecule has 0 saturated heterocycles. The number of aryl methyl sites for hydroxylation is 3. The first kappa shape index (κ1) is 17.4. The van der Waals surface area contributed by atoms with Crippen LogP contribution >= 0.6 is 11.8 Å². The first-order valence-electron chi connectivity index (χ1n) is 8.05. The van der Waals surface area contributed by atoms with Crippen LogP contribution in [-0.4, -0.2) is 31.7 Å². The zero-order chi connectivity index (χ0) is 18.0. The Bertz CT molecular complexity index is 933. The van der Waals surface area contributed by atoms with Crippen LogP contribution in [0, 0.1) is 27.7 Å². The highest BCUT2D eigenvalue weighted by Gasteiger charge is 2.15. The minimum absolute atomic E-state index is 0.0849. The second kappa shape index (κ2) is 7.19. The van der Waals surface area contributed by atoms with Crippen molar-refractivity contribution in [1.82, 2.24) is 20.2 Å². The first-order chi connectivity index (χ1) is 12.0. The molecule has 0 atom stereocenters. The number of Topliss-reactive ketones (excluding diaryl/α,β-unsaturated/α-hetero) is 1. The molecule has 0 amide bonds. The van der Waals surface area contributed by atoms with E-state index in [4.69, 9.17) is 0 Å². The highest BCUT2D eigenvalue weighted by molar-refractivity contribution is 7.99. The molecule has 0 unspecified atom stereocenters. The van der Waals surface area contributed by atoms with Gasteiger partial charge in [-0.15, -0.1) is 5.10 Å². The predicted octanol–water partition coefficient (Wildman–Crippen LogP) is 3.87. The second-order valence-electron chi connectivity index (χ2n) is 6.12. The van der Waals surface area contributed by atoms with Gasteiger partial charge in [0.1, 0.15) is 0 Å². The predicted molar refractivity (Wildman–Crippen MR) is 99.6 cm³/mol. The summed E-state index contributed by atoms with van der Waals surface area (Å²) in [5, 5.41) is 12.6. The van der Waals surface area contributed by atoms with Gasteiger partial charge in [0.2, 0.25) is 5.16 Å². The fourth-order valence-corrected chi connectivity index (χ4v) is 3.40. The van der Waals surface area contributed by atoms with Crippen molar-refractivity contribution >= 4 is 17.5 Å². The lowest BCUT2D eigenvalue weighted by Gasteiger charge is -2.10. The summed E-state index contributed by atoms with van der Waals surface area (Å²) in [6.45, 7) is 8.05. The molecule has 128 valence electrons. The van der Waals surface area contributed by atoms with Crippen LogP contribution in [0.15, 0.2) is 41.6 Å². The maximum Gasteiger partial charge on any atom is 0.214 e. The Labute approximate surface area is 151 Å². The van der Waals surface area contributed by atoms with E-state index in [1.165, 1.54) is 17.3 Å². The highest BCUT2D eigenvalue weighted by atomic mass is 32.2. The van der Waals surface area contributed by atoms with E-state index < -0.39 is 0 Å². The lowest BCUT2D eigenvalue weighted by molar-refractivity contribution is 0.102. The summed E-state index contributed by atoms with van der Waals surface area (Å²) in [4.78, 5) is 12.6. The average molecular weight is 352 g/mol. The maximum absolute atomic E-state index is 12.6. The van der Waals surface area contributed by atoms with E-state index in [0.717, 1.165) is 27.9 Å². The molecule has 0 radical (unpaired) electrons. The van der Waals surface area contributed by atoms with Crippen LogP contribution in [0.4, 0.5) is 0 Å². The van der Waals surface area contributed by atoms with Crippen molar-refractivity contribution in [2.45, 2.75) is 32.9 Å². The van der Waals surface area contributed by atoms with Crippen molar-refractivity contribution in [3.63, 3.8) is 0 Å². The Morgan fingerprint density at radius 1 is 1.08 bits per heavy atom. The van der Waals surface area contributed by atoms with Crippen LogP contribution in [0.5, 0.6) is 0 Å². The third-order valence-corrected chi connectivity index (χ3v) is 5.19. The molecule has 6 heteroatoms. The van der Waals surface area contributed by atoms with Crippen molar-refractivity contribution < 1.29 is 4.79 Å². The number of nitrogens with zero attached hydrogens (tertiary/aromatic N) is 4. The summed E-state index contributed by atoms with van der Waals surface area (Å²) in [6, 6.07) is 11.9. The van der Waals surface area contributed by atoms with Crippen LogP contribution in [0.2, 0.25) is 0 Å². The van der Waals surface area contributed by atoms with Gasteiger partial charge in [-0.3, -0.25) is 4.79 Å². The minimum Gasteiger partial charge on any atom is -0.293 e. The van der Waals surface area contributed by atoms with E-state index in [9.17, 15) is 4.79 Å². The van der Waals surface area contributed by atoms with E-state index in [0.29, 0.717) is 10.9 Å². The normalized spacial score (nSPS) is 10.9. The summed E-state index contributed by atoms with van der Waals surface area (Å²) in [7, 11) is 0. The summed E-state index contributed by atoms with van der Waals surface area (Å²) in [6.07, 6.45) is 0. The molecule has 0 fully saturated rings. The number of ketones is 1. The number of carbonyl (C=O) groups excluding carboxylic acids is 1. The molecule has 1 heterocycles. The molecule has 3 rings (SSSR count). The maximum atomic E-state index is 12.6. The molecule has 25 heavy (non-hydrogen) atoms. The highest BCUT2D eigenvalue weighted by Crippen LogP contribution is 2.23. The van der Waals surface area contributed by atoms with Gasteiger partial charge in [0, 0.05) is 5.56 Å². The van der Waals surface area contributed by atoms with Gasteiger partial charge >= 0.3 is 0 Å². The molecule has 2 aromatic carbocycles. The zero-order valence-electron chi connectivity index (χ0n) is 14.8. The summed E-state index contributed by atoms with van der Waals surface area (Å²) < 4.78 is 1.70. The van der Waals surface area contributed by atoms with Crippen LogP contribution < -0.4 is 0 Å². The van der Waals surface area contributed by atoms with Crippen LogP contribution in [0.25, 0.3) is 5.69 Å². The minimum atomic E-state index is 0.0849. The SMILES string of the molecule is Cc1ccc(C)c(C(=O)CSc2nnnn2-c2cccc(C)c2C)c1. The monoisotopic (exact) mass is 352 g/mol. The fraction of sp³-hybridized carbons (Fsp3) is 0.263. The molecule has 0 aliphatic rings. The van der Waals surface area contributed by atoms with E-state index in [1.807, 2.05) is 51.1 Å². The average Bonchev–Trinajstić information content (AvgIpc) is 3.05. The Kier molecular flexibility index (Phi) is 4.99. The van der Waals surface area contributed by atoms with Crippen molar-refractivity contribution in [3.05, 3.63) is 64.2 Å². The number of tetrazole rings is 1. The Hall–Kier alpha value is -2.47. The Morgan fingerprint density at radius 2 is 1.88 bits per heavy atom. The molecular formula is C19H20N4OS. The molecule has 0 aliphatic heterocycles. The smallest absolute Gasteiger partial charge is 0.214 e. The van der Waals surface area contributed by atoms with E-state index in [1.54, 1.807) is 4.68 Å². The molecular weight excluding hydrogens is 332 g/mol. The quantitative estimate of drug-likeness (QED) is 0.515. The second-order valence-corrected chi connectivity index (χ2v) is 7.07. The van der Waals surface area contributed by atoms with Gasteiger partial charge in [0.15, 0.2) is 5.78 Å². The van der Waals surface area contributed by atoms with E-state index >= 15 is 0 Å². The number of thioether (sulfide) groups is 1. The Balaban J connectivity index is 1.81. The van der Waals surface area contributed by atoms with Crippen molar-refractivity contribution in [1.29, 1.82) is 0 Å². The lowest BCUT2D eigenvalue weighted by Crippen LogP contribution is -2.07. The molecule has 1 aromatic heterocycles. The van der Waals surface area contributed by atoms with Gasteiger partial charge in [-0.2, -0.15) is 4.68 Å². The number of aromatic nitrogens is 4. The van der Waals surface area contributed by atoms with Gasteiger partial charge in [-0.25, -0.2) is 0 Å². The molecule has 5 nitrogen and oxygen atoms in total.